The zero-order valence-corrected chi connectivity index (χ0v) is 22.9. The second kappa shape index (κ2) is 10.8. The Morgan fingerprint density at radius 2 is 1.87 bits per heavy atom. The molecule has 1 saturated carbocycles. The highest BCUT2D eigenvalue weighted by Crippen LogP contribution is 2.49. The van der Waals surface area contributed by atoms with Gasteiger partial charge in [0.25, 0.3) is 0 Å². The van der Waals surface area contributed by atoms with Crippen LogP contribution in [0.5, 0.6) is 5.75 Å². The van der Waals surface area contributed by atoms with Crippen molar-refractivity contribution in [3.8, 4) is 17.0 Å². The van der Waals surface area contributed by atoms with Gasteiger partial charge in [-0.1, -0.05) is 39.0 Å². The third-order valence-electron chi connectivity index (χ3n) is 8.25. The van der Waals surface area contributed by atoms with Crippen LogP contribution in [0.1, 0.15) is 40.0 Å². The summed E-state index contributed by atoms with van der Waals surface area (Å²) >= 11 is 0. The lowest BCUT2D eigenvalue weighted by atomic mass is 9.77. The number of rotatable bonds is 8. The molecule has 3 N–H and O–H groups in total. The summed E-state index contributed by atoms with van der Waals surface area (Å²) in [7, 11) is 1.68. The second-order valence-corrected chi connectivity index (χ2v) is 11.8. The Morgan fingerprint density at radius 1 is 1.11 bits per heavy atom. The molecule has 0 bridgehead atoms. The number of para-hydroxylation sites is 1. The van der Waals surface area contributed by atoms with Crippen molar-refractivity contribution in [1.82, 2.24) is 9.88 Å². The number of nitrogens with two attached hydrogens (primary N) is 1. The van der Waals surface area contributed by atoms with Gasteiger partial charge in [0.2, 0.25) is 0 Å². The van der Waals surface area contributed by atoms with E-state index in [0.717, 1.165) is 72.5 Å². The Kier molecular flexibility index (Phi) is 7.48. The highest BCUT2D eigenvalue weighted by molar-refractivity contribution is 5.93. The molecule has 7 heteroatoms. The maximum absolute atomic E-state index is 11.5. The molecule has 4 atom stereocenters. The topological polar surface area (TPSA) is 89.7 Å². The molecule has 1 aliphatic carbocycles. The highest BCUT2D eigenvalue weighted by atomic mass is 16.6. The van der Waals surface area contributed by atoms with E-state index in [9.17, 15) is 4.79 Å². The van der Waals surface area contributed by atoms with E-state index in [1.54, 1.807) is 7.11 Å². The first kappa shape index (κ1) is 26.3. The fourth-order valence-electron chi connectivity index (χ4n) is 6.81. The number of primary amides is 1. The van der Waals surface area contributed by atoms with Gasteiger partial charge in [-0.05, 0) is 67.0 Å². The number of fused-ring (bicyclic) bond motifs is 2. The van der Waals surface area contributed by atoms with E-state index >= 15 is 0 Å². The minimum absolute atomic E-state index is 0.0509. The second-order valence-electron chi connectivity index (χ2n) is 11.8. The predicted molar refractivity (Wildman–Crippen MR) is 152 cm³/mol. The molecule has 202 valence electrons. The van der Waals surface area contributed by atoms with Crippen LogP contribution >= 0.6 is 0 Å². The molecule has 2 aliphatic rings. The van der Waals surface area contributed by atoms with Gasteiger partial charge < -0.3 is 20.5 Å². The lowest BCUT2D eigenvalue weighted by molar-refractivity contribution is 0.0790. The van der Waals surface area contributed by atoms with E-state index in [0.29, 0.717) is 17.9 Å². The first-order valence-corrected chi connectivity index (χ1v) is 13.7. The third kappa shape index (κ3) is 5.44. The standard InChI is InChI=1S/C31H40N4O3/c1-31(2,3)29-22-14-15-28(38-30(32)36)24(22)19-35(29)17-7-16-33-27-18-26(20-10-12-21(37-4)13-11-20)34-25-9-6-5-8-23(25)27/h5-6,8-13,18,22,24,28-29H,7,14-17,19H2,1-4H3,(H2,32,36)(H,33,34). The summed E-state index contributed by atoms with van der Waals surface area (Å²) in [6.45, 7) is 9.82. The van der Waals surface area contributed by atoms with Crippen molar-refractivity contribution >= 4 is 22.7 Å². The summed E-state index contributed by atoms with van der Waals surface area (Å²) in [6.07, 6.45) is 2.33. The van der Waals surface area contributed by atoms with Crippen LogP contribution in [-0.4, -0.2) is 54.9 Å². The van der Waals surface area contributed by atoms with Gasteiger partial charge in [-0.2, -0.15) is 0 Å². The summed E-state index contributed by atoms with van der Waals surface area (Å²) in [4.78, 5) is 19.0. The Hall–Kier alpha value is -3.32. The maximum atomic E-state index is 11.5. The number of ether oxygens (including phenoxy) is 2. The number of anilines is 1. The Bertz CT molecular complexity index is 1270. The summed E-state index contributed by atoms with van der Waals surface area (Å²) in [5.74, 6) is 1.75. The minimum atomic E-state index is -0.649. The van der Waals surface area contributed by atoms with Gasteiger partial charge in [0, 0.05) is 48.2 Å². The highest BCUT2D eigenvalue weighted by Gasteiger charge is 2.53. The van der Waals surface area contributed by atoms with Gasteiger partial charge in [0.15, 0.2) is 0 Å². The average Bonchev–Trinajstić information content (AvgIpc) is 3.45. The third-order valence-corrected chi connectivity index (χ3v) is 8.25. The summed E-state index contributed by atoms with van der Waals surface area (Å²) in [6, 6.07) is 18.9. The molecule has 0 radical (unpaired) electrons. The van der Waals surface area contributed by atoms with E-state index in [-0.39, 0.29) is 11.5 Å². The molecule has 2 heterocycles. The SMILES string of the molecule is COc1ccc(-c2cc(NCCCN3CC4C(OC(N)=O)CCC4C3C(C)(C)C)c3ccccc3n2)cc1. The number of nitrogens with one attached hydrogen (secondary N) is 1. The van der Waals surface area contributed by atoms with Gasteiger partial charge >= 0.3 is 6.09 Å². The lowest BCUT2D eigenvalue weighted by Gasteiger charge is -2.38. The molecular formula is C31H40N4O3. The van der Waals surface area contributed by atoms with Crippen molar-refractivity contribution in [2.75, 3.05) is 32.1 Å². The van der Waals surface area contributed by atoms with Crippen molar-refractivity contribution in [3.63, 3.8) is 0 Å². The molecule has 3 aromatic rings. The number of hydrogen-bond donors (Lipinski definition) is 2. The summed E-state index contributed by atoms with van der Waals surface area (Å²) < 4.78 is 10.8. The Morgan fingerprint density at radius 3 is 2.58 bits per heavy atom. The molecule has 1 aliphatic heterocycles. The number of nitrogens with zero attached hydrogens (tertiary/aromatic N) is 2. The largest absolute Gasteiger partial charge is 0.497 e. The molecule has 38 heavy (non-hydrogen) atoms. The fraction of sp³-hybridized carbons (Fsp3) is 0.484. The van der Waals surface area contributed by atoms with E-state index in [2.05, 4.69) is 55.3 Å². The van der Waals surface area contributed by atoms with Crippen molar-refractivity contribution in [3.05, 3.63) is 54.6 Å². The number of likely N-dealkylation sites (tertiary alicyclic amines) is 1. The van der Waals surface area contributed by atoms with Gasteiger partial charge in [0.05, 0.1) is 18.3 Å². The number of benzene rings is 2. The van der Waals surface area contributed by atoms with Crippen LogP contribution in [0.2, 0.25) is 0 Å². The first-order valence-electron chi connectivity index (χ1n) is 13.7. The van der Waals surface area contributed by atoms with Crippen molar-refractivity contribution < 1.29 is 14.3 Å². The number of hydrogen-bond acceptors (Lipinski definition) is 6. The number of carbonyl (C=O) groups excluding carboxylic acids is 1. The van der Waals surface area contributed by atoms with Crippen LogP contribution < -0.4 is 15.8 Å². The molecule has 5 rings (SSSR count). The van der Waals surface area contributed by atoms with Crippen molar-refractivity contribution in [2.24, 2.45) is 23.0 Å². The predicted octanol–water partition coefficient (Wildman–Crippen LogP) is 5.93. The molecule has 2 aromatic carbocycles. The molecule has 7 nitrogen and oxygen atoms in total. The summed E-state index contributed by atoms with van der Waals surface area (Å²) in [5, 5.41) is 4.83. The summed E-state index contributed by atoms with van der Waals surface area (Å²) in [5.41, 5.74) is 9.60. The number of pyridine rings is 1. The normalized spacial score (nSPS) is 23.4. The zero-order valence-electron chi connectivity index (χ0n) is 22.9. The molecule has 4 unspecified atom stereocenters. The molecular weight excluding hydrogens is 476 g/mol. The van der Waals surface area contributed by atoms with E-state index < -0.39 is 6.09 Å². The van der Waals surface area contributed by atoms with Crippen LogP contribution in [0.25, 0.3) is 22.2 Å². The van der Waals surface area contributed by atoms with Crippen LogP contribution in [-0.2, 0) is 4.74 Å². The van der Waals surface area contributed by atoms with Crippen LogP contribution in [0.15, 0.2) is 54.6 Å². The van der Waals surface area contributed by atoms with Gasteiger partial charge in [-0.3, -0.25) is 4.90 Å². The van der Waals surface area contributed by atoms with E-state index in [4.69, 9.17) is 20.2 Å². The average molecular weight is 517 g/mol. The van der Waals surface area contributed by atoms with Crippen LogP contribution in [0.4, 0.5) is 10.5 Å². The lowest BCUT2D eigenvalue weighted by Crippen LogP contribution is -2.43. The van der Waals surface area contributed by atoms with Gasteiger partial charge in [-0.25, -0.2) is 9.78 Å². The van der Waals surface area contributed by atoms with Crippen LogP contribution in [0, 0.1) is 17.3 Å². The first-order chi connectivity index (χ1) is 18.2. The number of amides is 1. The van der Waals surface area contributed by atoms with Gasteiger partial charge in [-0.15, -0.1) is 0 Å². The maximum Gasteiger partial charge on any atom is 0.404 e. The van der Waals surface area contributed by atoms with Crippen molar-refractivity contribution in [2.45, 2.75) is 52.2 Å². The number of carbonyl (C=O) groups is 1. The smallest absolute Gasteiger partial charge is 0.404 e. The van der Waals surface area contributed by atoms with Crippen LogP contribution in [0.3, 0.4) is 0 Å². The molecule has 1 aromatic heterocycles. The fourth-order valence-corrected chi connectivity index (χ4v) is 6.81. The minimum Gasteiger partial charge on any atom is -0.497 e. The quantitative estimate of drug-likeness (QED) is 0.361. The molecule has 0 spiro atoms. The Labute approximate surface area is 225 Å². The Balaban J connectivity index is 1.28. The zero-order chi connectivity index (χ0) is 26.9. The molecule has 1 saturated heterocycles. The van der Waals surface area contributed by atoms with E-state index in [1.165, 1.54) is 0 Å². The van der Waals surface area contributed by atoms with Gasteiger partial charge in [0.1, 0.15) is 11.9 Å². The molecule has 2 fully saturated rings. The number of methoxy groups -OCH3 is 1. The monoisotopic (exact) mass is 516 g/mol. The number of aromatic nitrogens is 1. The van der Waals surface area contributed by atoms with E-state index in [1.807, 2.05) is 30.3 Å². The molecule has 1 amide bonds. The van der Waals surface area contributed by atoms with Crippen molar-refractivity contribution in [1.29, 1.82) is 0 Å².